The van der Waals surface area contributed by atoms with Crippen LogP contribution in [0.4, 0.5) is 0 Å². The molecule has 0 aliphatic heterocycles. The minimum atomic E-state index is -0.0539. The summed E-state index contributed by atoms with van der Waals surface area (Å²) < 4.78 is 0. The minimum absolute atomic E-state index is 0.0539. The van der Waals surface area contributed by atoms with Crippen molar-refractivity contribution in [3.8, 4) is 0 Å². The summed E-state index contributed by atoms with van der Waals surface area (Å²) in [5.41, 5.74) is 8.54. The minimum Gasteiger partial charge on any atom is -0.361 e. The Hall–Kier alpha value is -1.32. The number of nitrogens with zero attached hydrogens (tertiary/aromatic N) is 1. The van der Waals surface area contributed by atoms with Crippen molar-refractivity contribution in [2.75, 3.05) is 13.6 Å². The highest BCUT2D eigenvalue weighted by Crippen LogP contribution is 2.19. The van der Waals surface area contributed by atoms with Crippen molar-refractivity contribution >= 4 is 10.9 Å². The average Bonchev–Trinajstić information content (AvgIpc) is 2.71. The van der Waals surface area contributed by atoms with Gasteiger partial charge in [0.15, 0.2) is 0 Å². The number of hydrogen-bond donors (Lipinski definition) is 2. The first kappa shape index (κ1) is 14.1. The van der Waals surface area contributed by atoms with Gasteiger partial charge in [0.25, 0.3) is 0 Å². The van der Waals surface area contributed by atoms with Crippen LogP contribution in [0, 0.1) is 0 Å². The van der Waals surface area contributed by atoms with Crippen LogP contribution in [0.15, 0.2) is 30.5 Å². The van der Waals surface area contributed by atoms with Crippen LogP contribution in [0.5, 0.6) is 0 Å². The van der Waals surface area contributed by atoms with Gasteiger partial charge in [0, 0.05) is 29.2 Å². The zero-order valence-corrected chi connectivity index (χ0v) is 12.2. The zero-order valence-electron chi connectivity index (χ0n) is 12.2. The van der Waals surface area contributed by atoms with E-state index in [1.807, 2.05) is 0 Å². The van der Waals surface area contributed by atoms with E-state index >= 15 is 0 Å². The van der Waals surface area contributed by atoms with Crippen molar-refractivity contribution in [2.24, 2.45) is 5.73 Å². The molecule has 104 valence electrons. The number of nitrogens with two attached hydrogens (primary N) is 1. The van der Waals surface area contributed by atoms with Crippen LogP contribution in [-0.4, -0.2) is 29.0 Å². The highest BCUT2D eigenvalue weighted by Gasteiger charge is 2.11. The third-order valence-electron chi connectivity index (χ3n) is 3.48. The maximum atomic E-state index is 6.01. The number of fused-ring (bicyclic) bond motifs is 1. The molecule has 0 atom stereocenters. The molecule has 0 aliphatic rings. The fraction of sp³-hybridized carbons (Fsp3) is 0.500. The number of hydrogen-bond acceptors (Lipinski definition) is 2. The van der Waals surface area contributed by atoms with Crippen LogP contribution < -0.4 is 5.73 Å². The maximum absolute atomic E-state index is 6.01. The Bertz CT molecular complexity index is 522. The Kier molecular flexibility index (Phi) is 4.27. The SMILES string of the molecule is CN(CCCC(C)(C)N)Cc1c[nH]c2ccccc12. The molecule has 0 saturated heterocycles. The molecule has 2 rings (SSSR count). The first-order chi connectivity index (χ1) is 8.96. The first-order valence-corrected chi connectivity index (χ1v) is 6.98. The quantitative estimate of drug-likeness (QED) is 0.837. The van der Waals surface area contributed by atoms with E-state index in [4.69, 9.17) is 5.73 Å². The van der Waals surface area contributed by atoms with E-state index in [9.17, 15) is 0 Å². The Morgan fingerprint density at radius 1 is 1.26 bits per heavy atom. The smallest absolute Gasteiger partial charge is 0.0457 e. The van der Waals surface area contributed by atoms with Gasteiger partial charge in [-0.25, -0.2) is 0 Å². The molecule has 0 unspecified atom stereocenters. The third kappa shape index (κ3) is 4.08. The van der Waals surface area contributed by atoms with Crippen LogP contribution >= 0.6 is 0 Å². The van der Waals surface area contributed by atoms with Gasteiger partial charge in [-0.05, 0) is 51.9 Å². The van der Waals surface area contributed by atoms with Crippen molar-refractivity contribution < 1.29 is 0 Å². The van der Waals surface area contributed by atoms with Crippen molar-refractivity contribution in [1.29, 1.82) is 0 Å². The molecule has 3 heteroatoms. The van der Waals surface area contributed by atoms with E-state index < -0.39 is 0 Å². The normalized spacial score (nSPS) is 12.5. The van der Waals surface area contributed by atoms with E-state index in [-0.39, 0.29) is 5.54 Å². The number of aromatic amines is 1. The van der Waals surface area contributed by atoms with Gasteiger partial charge in [0.1, 0.15) is 0 Å². The second-order valence-electron chi connectivity index (χ2n) is 6.19. The Labute approximate surface area is 115 Å². The van der Waals surface area contributed by atoms with Crippen LogP contribution in [0.3, 0.4) is 0 Å². The molecule has 1 aromatic carbocycles. The van der Waals surface area contributed by atoms with E-state index in [0.717, 1.165) is 25.9 Å². The molecule has 0 aliphatic carbocycles. The van der Waals surface area contributed by atoms with E-state index in [1.165, 1.54) is 16.5 Å². The van der Waals surface area contributed by atoms with E-state index in [1.54, 1.807) is 0 Å². The molecule has 1 heterocycles. The number of para-hydroxylation sites is 1. The van der Waals surface area contributed by atoms with Crippen LogP contribution in [-0.2, 0) is 6.54 Å². The highest BCUT2D eigenvalue weighted by molar-refractivity contribution is 5.82. The summed E-state index contributed by atoms with van der Waals surface area (Å²) in [6.07, 6.45) is 4.32. The molecule has 0 spiro atoms. The van der Waals surface area contributed by atoms with Gasteiger partial charge in [0.2, 0.25) is 0 Å². The van der Waals surface area contributed by atoms with Crippen molar-refractivity contribution in [1.82, 2.24) is 9.88 Å². The first-order valence-electron chi connectivity index (χ1n) is 6.98. The zero-order chi connectivity index (χ0) is 13.9. The van der Waals surface area contributed by atoms with E-state index in [0.29, 0.717) is 0 Å². The molecule has 0 fully saturated rings. The maximum Gasteiger partial charge on any atom is 0.0457 e. The molecule has 1 aromatic heterocycles. The molecular weight excluding hydrogens is 234 g/mol. The molecule has 0 radical (unpaired) electrons. The molecule has 0 amide bonds. The molecule has 19 heavy (non-hydrogen) atoms. The number of aromatic nitrogens is 1. The Morgan fingerprint density at radius 3 is 2.74 bits per heavy atom. The summed E-state index contributed by atoms with van der Waals surface area (Å²) in [5, 5.41) is 1.33. The molecule has 3 nitrogen and oxygen atoms in total. The molecule has 2 aromatic rings. The summed E-state index contributed by atoms with van der Waals surface area (Å²) in [6, 6.07) is 8.46. The van der Waals surface area contributed by atoms with Gasteiger partial charge < -0.3 is 15.6 Å². The lowest BCUT2D eigenvalue weighted by molar-refractivity contribution is 0.304. The van der Waals surface area contributed by atoms with Gasteiger partial charge in [0.05, 0.1) is 0 Å². The second-order valence-corrected chi connectivity index (χ2v) is 6.19. The van der Waals surface area contributed by atoms with Gasteiger partial charge in [-0.15, -0.1) is 0 Å². The fourth-order valence-electron chi connectivity index (χ4n) is 2.44. The lowest BCUT2D eigenvalue weighted by atomic mass is 10.00. The van der Waals surface area contributed by atoms with Crippen molar-refractivity contribution in [2.45, 2.75) is 38.8 Å². The number of nitrogens with one attached hydrogen (secondary N) is 1. The predicted octanol–water partition coefficient (Wildman–Crippen LogP) is 3.12. The highest BCUT2D eigenvalue weighted by atomic mass is 15.1. The number of H-pyrrole nitrogens is 1. The van der Waals surface area contributed by atoms with Gasteiger partial charge in [-0.1, -0.05) is 18.2 Å². The third-order valence-corrected chi connectivity index (χ3v) is 3.48. The average molecular weight is 259 g/mol. The second kappa shape index (κ2) is 5.76. The van der Waals surface area contributed by atoms with Gasteiger partial charge in [-0.3, -0.25) is 0 Å². The standard InChI is InChI=1S/C16H25N3/c1-16(2,17)9-6-10-19(3)12-13-11-18-15-8-5-4-7-14(13)15/h4-5,7-8,11,18H,6,9-10,12,17H2,1-3H3. The van der Waals surface area contributed by atoms with Crippen molar-refractivity contribution in [3.05, 3.63) is 36.0 Å². The fourth-order valence-corrected chi connectivity index (χ4v) is 2.44. The van der Waals surface area contributed by atoms with Crippen molar-refractivity contribution in [3.63, 3.8) is 0 Å². The summed E-state index contributed by atoms with van der Waals surface area (Å²) in [7, 11) is 2.17. The lowest BCUT2D eigenvalue weighted by Gasteiger charge is -2.21. The summed E-state index contributed by atoms with van der Waals surface area (Å²) >= 11 is 0. The van der Waals surface area contributed by atoms with Gasteiger partial charge >= 0.3 is 0 Å². The topological polar surface area (TPSA) is 45.0 Å². The number of benzene rings is 1. The van der Waals surface area contributed by atoms with Crippen LogP contribution in [0.25, 0.3) is 10.9 Å². The molecule has 0 bridgehead atoms. The number of rotatable bonds is 6. The van der Waals surface area contributed by atoms with Gasteiger partial charge in [-0.2, -0.15) is 0 Å². The Balaban J connectivity index is 1.90. The molecule has 3 N–H and O–H groups in total. The monoisotopic (exact) mass is 259 g/mol. The summed E-state index contributed by atoms with van der Waals surface area (Å²) in [4.78, 5) is 5.69. The molecule has 0 saturated carbocycles. The van der Waals surface area contributed by atoms with Crippen LogP contribution in [0.1, 0.15) is 32.3 Å². The Morgan fingerprint density at radius 2 is 2.00 bits per heavy atom. The lowest BCUT2D eigenvalue weighted by Crippen LogP contribution is -2.33. The summed E-state index contributed by atoms with van der Waals surface area (Å²) in [5.74, 6) is 0. The van der Waals surface area contributed by atoms with E-state index in [2.05, 4.69) is 61.2 Å². The summed E-state index contributed by atoms with van der Waals surface area (Å²) in [6.45, 7) is 6.24. The van der Waals surface area contributed by atoms with Crippen LogP contribution in [0.2, 0.25) is 0 Å². The largest absolute Gasteiger partial charge is 0.361 e. The molecular formula is C16H25N3. The predicted molar refractivity (Wildman–Crippen MR) is 82.1 cm³/mol.